The summed E-state index contributed by atoms with van der Waals surface area (Å²) in [5.41, 5.74) is 2.32. The van der Waals surface area contributed by atoms with E-state index in [2.05, 4.69) is 14.9 Å². The van der Waals surface area contributed by atoms with Gasteiger partial charge in [-0.25, -0.2) is 4.68 Å². The van der Waals surface area contributed by atoms with Gasteiger partial charge in [0.1, 0.15) is 0 Å². The second-order valence-electron chi connectivity index (χ2n) is 8.44. The molecule has 34 heavy (non-hydrogen) atoms. The van der Waals surface area contributed by atoms with Crippen LogP contribution in [0, 0.1) is 0 Å². The highest BCUT2D eigenvalue weighted by molar-refractivity contribution is 6.01. The van der Waals surface area contributed by atoms with E-state index in [0.29, 0.717) is 36.6 Å². The summed E-state index contributed by atoms with van der Waals surface area (Å²) in [7, 11) is 0. The molecule has 2 aromatic heterocycles. The Morgan fingerprint density at radius 1 is 0.853 bits per heavy atom. The number of benzene rings is 1. The average Bonchev–Trinajstić information content (AvgIpc) is 3.39. The van der Waals surface area contributed by atoms with Crippen LogP contribution in [-0.4, -0.2) is 84.3 Å². The summed E-state index contributed by atoms with van der Waals surface area (Å²) in [6.45, 7) is 7.37. The lowest BCUT2D eigenvalue weighted by Gasteiger charge is -2.30. The molecule has 0 amide bonds. The van der Waals surface area contributed by atoms with Crippen LogP contribution in [0.15, 0.2) is 59.7 Å². The van der Waals surface area contributed by atoms with Crippen molar-refractivity contribution in [2.75, 3.05) is 64.1 Å². The summed E-state index contributed by atoms with van der Waals surface area (Å²) >= 11 is 0. The van der Waals surface area contributed by atoms with Crippen LogP contribution in [0.25, 0.3) is 11.3 Å². The van der Waals surface area contributed by atoms with Crippen molar-refractivity contribution < 1.29 is 14.3 Å². The minimum absolute atomic E-state index is 0.109. The molecule has 2 aliphatic heterocycles. The SMILES string of the molecule is O=C(c1ccccc1N1CCOCC1)n1ccc(-c2cccn(CCN3CCOCC3)c2=O)n1. The molecule has 178 valence electrons. The van der Waals surface area contributed by atoms with Crippen molar-refractivity contribution in [1.82, 2.24) is 19.2 Å². The molecule has 0 saturated carbocycles. The first-order valence-electron chi connectivity index (χ1n) is 11.7. The van der Waals surface area contributed by atoms with Gasteiger partial charge in [0.2, 0.25) is 0 Å². The molecule has 0 aliphatic carbocycles. The largest absolute Gasteiger partial charge is 0.379 e. The third-order valence-electron chi connectivity index (χ3n) is 6.34. The number of para-hydroxylation sites is 1. The first-order valence-corrected chi connectivity index (χ1v) is 11.7. The summed E-state index contributed by atoms with van der Waals surface area (Å²) in [6, 6.07) is 12.9. The number of hydrogen-bond acceptors (Lipinski definition) is 7. The smallest absolute Gasteiger partial charge is 0.280 e. The van der Waals surface area contributed by atoms with Crippen LogP contribution in [-0.2, 0) is 16.0 Å². The van der Waals surface area contributed by atoms with Gasteiger partial charge in [-0.1, -0.05) is 12.1 Å². The molecule has 9 nitrogen and oxygen atoms in total. The van der Waals surface area contributed by atoms with Crippen LogP contribution in [0.4, 0.5) is 5.69 Å². The number of aromatic nitrogens is 3. The number of morpholine rings is 2. The molecule has 2 aliphatic rings. The lowest BCUT2D eigenvalue weighted by atomic mass is 10.1. The molecule has 1 aromatic carbocycles. The lowest BCUT2D eigenvalue weighted by Crippen LogP contribution is -2.39. The van der Waals surface area contributed by atoms with Gasteiger partial charge in [0, 0.05) is 57.3 Å². The second kappa shape index (κ2) is 10.3. The first kappa shape index (κ1) is 22.5. The minimum Gasteiger partial charge on any atom is -0.379 e. The van der Waals surface area contributed by atoms with E-state index in [1.807, 2.05) is 30.3 Å². The van der Waals surface area contributed by atoms with Gasteiger partial charge in [0.05, 0.1) is 43.2 Å². The maximum atomic E-state index is 13.3. The highest BCUT2D eigenvalue weighted by atomic mass is 16.5. The zero-order chi connectivity index (χ0) is 23.3. The Bertz CT molecular complexity index is 1190. The fourth-order valence-electron chi connectivity index (χ4n) is 4.42. The molecule has 0 unspecified atom stereocenters. The standard InChI is InChI=1S/C25H29N5O4/c31-24-20(5-3-8-29(24)11-10-27-12-16-33-17-13-27)22-7-9-30(26-22)25(32)21-4-1-2-6-23(21)28-14-18-34-19-15-28/h1-9H,10-19H2. The fraction of sp³-hybridized carbons (Fsp3) is 0.400. The van der Waals surface area contributed by atoms with Crippen LogP contribution < -0.4 is 10.5 Å². The van der Waals surface area contributed by atoms with Crippen molar-refractivity contribution in [3.63, 3.8) is 0 Å². The van der Waals surface area contributed by atoms with Crippen LogP contribution in [0.5, 0.6) is 0 Å². The topological polar surface area (TPSA) is 81.8 Å². The maximum absolute atomic E-state index is 13.3. The highest BCUT2D eigenvalue weighted by Gasteiger charge is 2.21. The van der Waals surface area contributed by atoms with Crippen molar-refractivity contribution in [3.8, 4) is 11.3 Å². The van der Waals surface area contributed by atoms with Gasteiger partial charge in [-0.2, -0.15) is 5.10 Å². The molecule has 0 spiro atoms. The number of nitrogens with zero attached hydrogens (tertiary/aromatic N) is 5. The van der Waals surface area contributed by atoms with Crippen LogP contribution in [0.2, 0.25) is 0 Å². The molecule has 5 rings (SSSR count). The number of hydrogen-bond donors (Lipinski definition) is 0. The minimum atomic E-state index is -0.225. The van der Waals surface area contributed by atoms with E-state index in [9.17, 15) is 9.59 Å². The number of pyridine rings is 1. The molecular formula is C25H29N5O4. The summed E-state index contributed by atoms with van der Waals surface area (Å²) < 4.78 is 13.9. The summed E-state index contributed by atoms with van der Waals surface area (Å²) in [5.74, 6) is -0.225. The Morgan fingerprint density at radius 2 is 1.59 bits per heavy atom. The maximum Gasteiger partial charge on any atom is 0.280 e. The molecular weight excluding hydrogens is 434 g/mol. The molecule has 0 radical (unpaired) electrons. The van der Waals surface area contributed by atoms with Gasteiger partial charge >= 0.3 is 0 Å². The van der Waals surface area contributed by atoms with Gasteiger partial charge in [-0.05, 0) is 30.3 Å². The van der Waals surface area contributed by atoms with E-state index in [1.165, 1.54) is 4.68 Å². The van der Waals surface area contributed by atoms with E-state index in [0.717, 1.165) is 51.6 Å². The average molecular weight is 464 g/mol. The Morgan fingerprint density at radius 3 is 2.38 bits per heavy atom. The Kier molecular flexibility index (Phi) is 6.84. The predicted molar refractivity (Wildman–Crippen MR) is 128 cm³/mol. The van der Waals surface area contributed by atoms with Crippen molar-refractivity contribution >= 4 is 11.6 Å². The molecule has 3 aromatic rings. The molecule has 9 heteroatoms. The van der Waals surface area contributed by atoms with Crippen LogP contribution >= 0.6 is 0 Å². The fourth-order valence-corrected chi connectivity index (χ4v) is 4.42. The number of ether oxygens (including phenoxy) is 2. The van der Waals surface area contributed by atoms with Crippen molar-refractivity contribution in [2.24, 2.45) is 0 Å². The molecule has 0 atom stereocenters. The van der Waals surface area contributed by atoms with Gasteiger partial charge in [0.15, 0.2) is 0 Å². The number of carbonyl (C=O) groups excluding carboxylic acids is 1. The normalized spacial score (nSPS) is 17.1. The monoisotopic (exact) mass is 463 g/mol. The van der Waals surface area contributed by atoms with E-state index < -0.39 is 0 Å². The molecule has 4 heterocycles. The van der Waals surface area contributed by atoms with Gasteiger partial charge in [0.25, 0.3) is 11.5 Å². The molecule has 0 N–H and O–H groups in total. The molecule has 0 bridgehead atoms. The van der Waals surface area contributed by atoms with E-state index in [-0.39, 0.29) is 11.5 Å². The van der Waals surface area contributed by atoms with Crippen molar-refractivity contribution in [3.05, 3.63) is 70.8 Å². The number of carbonyl (C=O) groups is 1. The Hall–Kier alpha value is -3.27. The Balaban J connectivity index is 1.35. The lowest BCUT2D eigenvalue weighted by molar-refractivity contribution is 0.0363. The van der Waals surface area contributed by atoms with Crippen LogP contribution in [0.3, 0.4) is 0 Å². The van der Waals surface area contributed by atoms with Crippen molar-refractivity contribution in [2.45, 2.75) is 6.54 Å². The summed E-state index contributed by atoms with van der Waals surface area (Å²) in [5, 5.41) is 4.48. The zero-order valence-electron chi connectivity index (χ0n) is 19.1. The molecule has 2 saturated heterocycles. The van der Waals surface area contributed by atoms with Gasteiger partial charge in [-0.3, -0.25) is 14.5 Å². The first-order chi connectivity index (χ1) is 16.7. The van der Waals surface area contributed by atoms with E-state index in [4.69, 9.17) is 9.47 Å². The number of rotatable bonds is 6. The zero-order valence-corrected chi connectivity index (χ0v) is 19.1. The van der Waals surface area contributed by atoms with Crippen LogP contribution in [0.1, 0.15) is 10.4 Å². The summed E-state index contributed by atoms with van der Waals surface area (Å²) in [4.78, 5) is 30.9. The number of anilines is 1. The van der Waals surface area contributed by atoms with Gasteiger partial charge in [-0.15, -0.1) is 0 Å². The van der Waals surface area contributed by atoms with Crippen molar-refractivity contribution in [1.29, 1.82) is 0 Å². The van der Waals surface area contributed by atoms with E-state index >= 15 is 0 Å². The predicted octanol–water partition coefficient (Wildman–Crippen LogP) is 1.57. The Labute approximate surface area is 198 Å². The second-order valence-corrected chi connectivity index (χ2v) is 8.44. The molecule has 2 fully saturated rings. The third kappa shape index (κ3) is 4.82. The quantitative estimate of drug-likeness (QED) is 0.549. The van der Waals surface area contributed by atoms with Gasteiger partial charge < -0.3 is 18.9 Å². The third-order valence-corrected chi connectivity index (χ3v) is 6.34. The highest BCUT2D eigenvalue weighted by Crippen LogP contribution is 2.23. The summed E-state index contributed by atoms with van der Waals surface area (Å²) in [6.07, 6.45) is 3.42. The van der Waals surface area contributed by atoms with E-state index in [1.54, 1.807) is 29.1 Å².